The van der Waals surface area contributed by atoms with Crippen LogP contribution in [0.4, 0.5) is 8.78 Å². The van der Waals surface area contributed by atoms with Crippen molar-refractivity contribution >= 4 is 11.0 Å². The van der Waals surface area contributed by atoms with Crippen LogP contribution in [-0.4, -0.2) is 14.5 Å². The van der Waals surface area contributed by atoms with Crippen molar-refractivity contribution in [2.75, 3.05) is 0 Å². The van der Waals surface area contributed by atoms with E-state index in [4.69, 9.17) is 0 Å². The van der Waals surface area contributed by atoms with Crippen LogP contribution in [0.1, 0.15) is 19.2 Å². The summed E-state index contributed by atoms with van der Waals surface area (Å²) in [6, 6.07) is 1.68. The Balaban J connectivity index is 2.68. The smallest absolute Gasteiger partial charge is 0.304 e. The summed E-state index contributed by atoms with van der Waals surface area (Å²) in [5.74, 6) is -3.08. The molecule has 0 bridgehead atoms. The van der Waals surface area contributed by atoms with Crippen LogP contribution in [-0.2, 0) is 13.0 Å². The van der Waals surface area contributed by atoms with Crippen LogP contribution in [0.15, 0.2) is 18.5 Å². The summed E-state index contributed by atoms with van der Waals surface area (Å²) in [7, 11) is 1.59. The predicted molar refractivity (Wildman–Crippen MR) is 52.7 cm³/mol. The summed E-state index contributed by atoms with van der Waals surface area (Å²) >= 11 is 0. The lowest BCUT2D eigenvalue weighted by Gasteiger charge is -2.13. The number of aromatic nitrogens is 3. The monoisotopic (exact) mass is 211 g/mol. The van der Waals surface area contributed by atoms with Gasteiger partial charge in [-0.15, -0.1) is 0 Å². The molecule has 0 spiro atoms. The number of fused-ring (bicyclic) bond motifs is 1. The van der Waals surface area contributed by atoms with Crippen LogP contribution in [0.2, 0.25) is 0 Å². The van der Waals surface area contributed by atoms with Crippen molar-refractivity contribution in [1.82, 2.24) is 14.5 Å². The molecule has 0 saturated carbocycles. The Morgan fingerprint density at radius 2 is 2.20 bits per heavy atom. The van der Waals surface area contributed by atoms with Gasteiger partial charge in [0.1, 0.15) is 5.52 Å². The van der Waals surface area contributed by atoms with Crippen molar-refractivity contribution in [3.63, 3.8) is 0 Å². The van der Waals surface area contributed by atoms with E-state index in [1.54, 1.807) is 19.3 Å². The molecule has 0 unspecified atom stereocenters. The van der Waals surface area contributed by atoms with Crippen LogP contribution in [0, 0.1) is 0 Å². The molecule has 2 rings (SSSR count). The van der Waals surface area contributed by atoms with E-state index in [0.29, 0.717) is 11.0 Å². The second-order valence-corrected chi connectivity index (χ2v) is 3.42. The Morgan fingerprint density at radius 1 is 1.47 bits per heavy atom. The van der Waals surface area contributed by atoms with Gasteiger partial charge >= 0.3 is 5.92 Å². The van der Waals surface area contributed by atoms with Gasteiger partial charge in [-0.1, -0.05) is 6.92 Å². The molecule has 0 aromatic carbocycles. The Morgan fingerprint density at radius 3 is 2.80 bits per heavy atom. The van der Waals surface area contributed by atoms with E-state index in [2.05, 4.69) is 9.97 Å². The average Bonchev–Trinajstić information content (AvgIpc) is 2.58. The average molecular weight is 211 g/mol. The fourth-order valence-electron chi connectivity index (χ4n) is 1.54. The van der Waals surface area contributed by atoms with E-state index in [9.17, 15) is 8.78 Å². The summed E-state index contributed by atoms with van der Waals surface area (Å²) < 4.78 is 28.4. The van der Waals surface area contributed by atoms with E-state index in [1.807, 2.05) is 0 Å². The zero-order valence-corrected chi connectivity index (χ0v) is 8.54. The summed E-state index contributed by atoms with van der Waals surface area (Å²) in [6.45, 7) is 1.44. The topological polar surface area (TPSA) is 30.7 Å². The number of halogens is 2. The molecule has 0 amide bonds. The third-order valence-electron chi connectivity index (χ3n) is 2.45. The van der Waals surface area contributed by atoms with Gasteiger partial charge in [0.25, 0.3) is 0 Å². The molecule has 3 nitrogen and oxygen atoms in total. The molecule has 15 heavy (non-hydrogen) atoms. The number of nitrogens with zero attached hydrogens (tertiary/aromatic N) is 3. The lowest BCUT2D eigenvalue weighted by Crippen LogP contribution is -2.17. The number of rotatable bonds is 2. The first-order valence-electron chi connectivity index (χ1n) is 4.71. The summed E-state index contributed by atoms with van der Waals surface area (Å²) in [6.07, 6.45) is 2.81. The predicted octanol–water partition coefficient (Wildman–Crippen LogP) is 2.47. The van der Waals surface area contributed by atoms with Crippen LogP contribution in [0.3, 0.4) is 0 Å². The molecule has 0 radical (unpaired) electrons. The maximum absolute atomic E-state index is 13.5. The number of alkyl halides is 2. The van der Waals surface area contributed by atoms with Crippen LogP contribution < -0.4 is 0 Å². The quantitative estimate of drug-likeness (QED) is 0.764. The summed E-state index contributed by atoms with van der Waals surface area (Å²) in [5.41, 5.74) is 1.18. The third kappa shape index (κ3) is 1.48. The molecule has 5 heteroatoms. The van der Waals surface area contributed by atoms with Crippen molar-refractivity contribution in [2.24, 2.45) is 7.05 Å². The summed E-state index contributed by atoms with van der Waals surface area (Å²) in [5, 5.41) is 0. The molecule has 0 aliphatic carbocycles. The highest BCUT2D eigenvalue weighted by Crippen LogP contribution is 2.31. The molecule has 0 aliphatic heterocycles. The highest BCUT2D eigenvalue weighted by Gasteiger charge is 2.34. The van der Waals surface area contributed by atoms with E-state index in [-0.39, 0.29) is 12.2 Å². The van der Waals surface area contributed by atoms with Crippen molar-refractivity contribution in [3.05, 3.63) is 24.3 Å². The van der Waals surface area contributed by atoms with Crippen molar-refractivity contribution < 1.29 is 8.78 Å². The Kier molecular flexibility index (Phi) is 2.17. The maximum Gasteiger partial charge on any atom is 0.304 e. The van der Waals surface area contributed by atoms with Gasteiger partial charge in [-0.05, 0) is 6.07 Å². The zero-order chi connectivity index (χ0) is 11.1. The summed E-state index contributed by atoms with van der Waals surface area (Å²) in [4.78, 5) is 7.76. The minimum absolute atomic E-state index is 0.201. The lowest BCUT2D eigenvalue weighted by molar-refractivity contribution is -0.0196. The molecule has 2 aromatic heterocycles. The first-order valence-corrected chi connectivity index (χ1v) is 4.71. The Labute approximate surface area is 85.8 Å². The van der Waals surface area contributed by atoms with Crippen LogP contribution in [0.5, 0.6) is 0 Å². The molecule has 0 saturated heterocycles. The van der Waals surface area contributed by atoms with Gasteiger partial charge in [-0.2, -0.15) is 8.78 Å². The largest absolute Gasteiger partial charge is 0.326 e. The molecule has 2 heterocycles. The molecule has 0 fully saturated rings. The fourth-order valence-corrected chi connectivity index (χ4v) is 1.54. The first-order chi connectivity index (χ1) is 7.06. The number of imidazole rings is 1. The van der Waals surface area contributed by atoms with Crippen molar-refractivity contribution in [1.29, 1.82) is 0 Å². The number of hydrogen-bond acceptors (Lipinski definition) is 2. The molecule has 2 aromatic rings. The van der Waals surface area contributed by atoms with E-state index in [1.165, 1.54) is 17.7 Å². The van der Waals surface area contributed by atoms with Gasteiger partial charge in [0, 0.05) is 19.7 Å². The van der Waals surface area contributed by atoms with E-state index >= 15 is 0 Å². The van der Waals surface area contributed by atoms with Gasteiger partial charge in [0.15, 0.2) is 5.82 Å². The highest BCUT2D eigenvalue weighted by molar-refractivity contribution is 5.74. The second kappa shape index (κ2) is 3.25. The normalized spacial score (nSPS) is 12.3. The van der Waals surface area contributed by atoms with Crippen molar-refractivity contribution in [3.8, 4) is 0 Å². The number of hydrogen-bond donors (Lipinski definition) is 0. The molecule has 0 atom stereocenters. The third-order valence-corrected chi connectivity index (χ3v) is 2.45. The van der Waals surface area contributed by atoms with E-state index < -0.39 is 5.92 Å². The SMILES string of the molecule is CCC(F)(F)c1nc2cnccc2n1C. The molecular weight excluding hydrogens is 200 g/mol. The number of pyridine rings is 1. The highest BCUT2D eigenvalue weighted by atomic mass is 19.3. The Hall–Kier alpha value is -1.52. The zero-order valence-electron chi connectivity index (χ0n) is 8.54. The van der Waals surface area contributed by atoms with Gasteiger partial charge in [-0.25, -0.2) is 4.98 Å². The minimum atomic E-state index is -2.88. The van der Waals surface area contributed by atoms with Crippen LogP contribution in [0.25, 0.3) is 11.0 Å². The van der Waals surface area contributed by atoms with E-state index in [0.717, 1.165) is 0 Å². The van der Waals surface area contributed by atoms with Gasteiger partial charge in [-0.3, -0.25) is 4.98 Å². The first kappa shape index (κ1) is 10.0. The standard InChI is InChI=1S/C10H11F2N3/c1-3-10(11,12)9-14-7-6-13-5-4-8(7)15(9)2/h4-6H,3H2,1-2H3. The second-order valence-electron chi connectivity index (χ2n) is 3.42. The van der Waals surface area contributed by atoms with Crippen LogP contribution >= 0.6 is 0 Å². The molecular formula is C10H11F2N3. The van der Waals surface area contributed by atoms with Gasteiger partial charge < -0.3 is 4.57 Å². The molecule has 80 valence electrons. The molecule has 0 aliphatic rings. The van der Waals surface area contributed by atoms with Gasteiger partial charge in [0.2, 0.25) is 0 Å². The maximum atomic E-state index is 13.5. The van der Waals surface area contributed by atoms with Gasteiger partial charge in [0.05, 0.1) is 11.7 Å². The minimum Gasteiger partial charge on any atom is -0.326 e. The fraction of sp³-hybridized carbons (Fsp3) is 0.400. The Bertz CT molecular complexity index is 490. The lowest BCUT2D eigenvalue weighted by atomic mass is 10.2. The molecule has 0 N–H and O–H groups in total. The van der Waals surface area contributed by atoms with Crippen molar-refractivity contribution in [2.45, 2.75) is 19.3 Å². The number of aryl methyl sites for hydroxylation is 1.